The first-order chi connectivity index (χ1) is 6.65. The van der Waals surface area contributed by atoms with Crippen LogP contribution in [0.1, 0.15) is 11.3 Å². The van der Waals surface area contributed by atoms with Crippen molar-refractivity contribution in [1.82, 2.24) is 4.98 Å². The van der Waals surface area contributed by atoms with Crippen molar-refractivity contribution in [2.24, 2.45) is 0 Å². The Kier molecular flexibility index (Phi) is 1.94. The van der Waals surface area contributed by atoms with Crippen LogP contribution < -0.4 is 0 Å². The number of nitrogens with zero attached hydrogens (tertiary/aromatic N) is 1. The van der Waals surface area contributed by atoms with Crippen molar-refractivity contribution >= 4 is 22.5 Å². The zero-order chi connectivity index (χ0) is 10.3. The molecule has 1 aromatic carbocycles. The van der Waals surface area contributed by atoms with Gasteiger partial charge in [0.15, 0.2) is 0 Å². The second kappa shape index (κ2) is 3.00. The maximum absolute atomic E-state index is 13.1. The molecule has 0 aliphatic carbocycles. The molecule has 0 saturated carbocycles. The molecule has 0 fully saturated rings. The average molecular weight is 209 g/mol. The van der Waals surface area contributed by atoms with Gasteiger partial charge in [-0.3, -0.25) is 0 Å². The number of hydrogen-bond donors (Lipinski definition) is 1. The van der Waals surface area contributed by atoms with Crippen LogP contribution in [0.5, 0.6) is 0 Å². The summed E-state index contributed by atoms with van der Waals surface area (Å²) in [4.78, 5) is 2.87. The molecule has 2 rings (SSSR count). The molecule has 0 aliphatic heterocycles. The average Bonchev–Trinajstić information content (AvgIpc) is 2.50. The van der Waals surface area contributed by atoms with Gasteiger partial charge in [-0.1, -0.05) is 11.6 Å². The van der Waals surface area contributed by atoms with Crippen LogP contribution in [0.25, 0.3) is 10.9 Å². The van der Waals surface area contributed by atoms with E-state index in [1.165, 1.54) is 6.07 Å². The van der Waals surface area contributed by atoms with E-state index in [4.69, 9.17) is 16.9 Å². The maximum atomic E-state index is 13.1. The van der Waals surface area contributed by atoms with Gasteiger partial charge in [-0.25, -0.2) is 4.39 Å². The number of aryl methyl sites for hydroxylation is 1. The zero-order valence-corrected chi connectivity index (χ0v) is 8.11. The number of rotatable bonds is 0. The quantitative estimate of drug-likeness (QED) is 0.710. The third kappa shape index (κ3) is 1.08. The van der Waals surface area contributed by atoms with Crippen LogP contribution in [0.4, 0.5) is 4.39 Å². The molecule has 0 bridgehead atoms. The van der Waals surface area contributed by atoms with Gasteiger partial charge < -0.3 is 4.98 Å². The van der Waals surface area contributed by atoms with Crippen LogP contribution in [0.2, 0.25) is 5.02 Å². The summed E-state index contributed by atoms with van der Waals surface area (Å²) >= 11 is 5.80. The Bertz CT molecular complexity index is 551. The monoisotopic (exact) mass is 208 g/mol. The second-order valence-corrected chi connectivity index (χ2v) is 3.40. The van der Waals surface area contributed by atoms with Crippen molar-refractivity contribution in [1.29, 1.82) is 5.26 Å². The predicted octanol–water partition coefficient (Wildman–Crippen LogP) is 3.14. The minimum atomic E-state index is -0.467. The number of aromatic amines is 1. The second-order valence-electron chi connectivity index (χ2n) is 3.02. The zero-order valence-electron chi connectivity index (χ0n) is 7.36. The third-order valence-corrected chi connectivity index (χ3v) is 2.59. The van der Waals surface area contributed by atoms with Gasteiger partial charge >= 0.3 is 0 Å². The molecular formula is C10H6ClFN2. The SMILES string of the molecule is Cc1c(C#N)[nH]c2ccc(F)c(Cl)c12. The van der Waals surface area contributed by atoms with E-state index in [9.17, 15) is 4.39 Å². The van der Waals surface area contributed by atoms with Crippen molar-refractivity contribution < 1.29 is 4.39 Å². The summed E-state index contributed by atoms with van der Waals surface area (Å²) < 4.78 is 13.1. The minimum absolute atomic E-state index is 0.0674. The van der Waals surface area contributed by atoms with Crippen molar-refractivity contribution in [2.45, 2.75) is 6.92 Å². The standard InChI is InChI=1S/C10H6ClFN2/c1-5-8(4-13)14-7-3-2-6(12)10(11)9(5)7/h2-3,14H,1H3. The number of benzene rings is 1. The Labute approximate surface area is 84.9 Å². The van der Waals surface area contributed by atoms with Crippen LogP contribution in [-0.4, -0.2) is 4.98 Å². The summed E-state index contributed by atoms with van der Waals surface area (Å²) in [6, 6.07) is 4.85. The van der Waals surface area contributed by atoms with Gasteiger partial charge in [0.25, 0.3) is 0 Å². The highest BCUT2D eigenvalue weighted by atomic mass is 35.5. The Balaban J connectivity index is 2.96. The molecule has 1 N–H and O–H groups in total. The topological polar surface area (TPSA) is 39.6 Å². The summed E-state index contributed by atoms with van der Waals surface area (Å²) in [6.45, 7) is 1.74. The maximum Gasteiger partial charge on any atom is 0.142 e. The van der Waals surface area contributed by atoms with Crippen molar-refractivity contribution in [3.05, 3.63) is 34.2 Å². The van der Waals surface area contributed by atoms with Gasteiger partial charge in [-0.15, -0.1) is 0 Å². The van der Waals surface area contributed by atoms with Crippen LogP contribution in [0, 0.1) is 24.1 Å². The molecule has 0 unspecified atom stereocenters. The highest BCUT2D eigenvalue weighted by Gasteiger charge is 2.12. The molecule has 0 atom stereocenters. The van der Waals surface area contributed by atoms with Crippen molar-refractivity contribution in [3.63, 3.8) is 0 Å². The molecular weight excluding hydrogens is 203 g/mol. The van der Waals surface area contributed by atoms with Gasteiger partial charge in [-0.2, -0.15) is 5.26 Å². The van der Waals surface area contributed by atoms with E-state index in [1.807, 2.05) is 6.07 Å². The fraction of sp³-hybridized carbons (Fsp3) is 0.100. The Hall–Kier alpha value is -1.53. The number of nitrogens with one attached hydrogen (secondary N) is 1. The molecule has 14 heavy (non-hydrogen) atoms. The fourth-order valence-electron chi connectivity index (χ4n) is 1.49. The number of nitriles is 1. The largest absolute Gasteiger partial charge is 0.346 e. The number of H-pyrrole nitrogens is 1. The highest BCUT2D eigenvalue weighted by Crippen LogP contribution is 2.30. The van der Waals surface area contributed by atoms with Gasteiger partial charge in [0.1, 0.15) is 17.6 Å². The van der Waals surface area contributed by atoms with E-state index >= 15 is 0 Å². The van der Waals surface area contributed by atoms with Crippen LogP contribution in [0.3, 0.4) is 0 Å². The number of fused-ring (bicyclic) bond motifs is 1. The van der Waals surface area contributed by atoms with E-state index in [1.54, 1.807) is 13.0 Å². The lowest BCUT2D eigenvalue weighted by molar-refractivity contribution is 0.630. The Morgan fingerprint density at radius 2 is 2.21 bits per heavy atom. The van der Waals surface area contributed by atoms with Crippen molar-refractivity contribution in [3.8, 4) is 6.07 Å². The highest BCUT2D eigenvalue weighted by molar-refractivity contribution is 6.35. The lowest BCUT2D eigenvalue weighted by Gasteiger charge is -1.96. The lowest BCUT2D eigenvalue weighted by Crippen LogP contribution is -1.78. The first kappa shape index (κ1) is 9.04. The fourth-order valence-corrected chi connectivity index (χ4v) is 1.79. The molecule has 70 valence electrons. The lowest BCUT2D eigenvalue weighted by atomic mass is 10.1. The number of halogens is 2. The summed E-state index contributed by atoms with van der Waals surface area (Å²) in [5.41, 5.74) is 1.80. The molecule has 1 aromatic heterocycles. The van der Waals surface area contributed by atoms with Crippen LogP contribution >= 0.6 is 11.6 Å². The first-order valence-electron chi connectivity index (χ1n) is 4.01. The van der Waals surface area contributed by atoms with Crippen molar-refractivity contribution in [2.75, 3.05) is 0 Å². The van der Waals surface area contributed by atoms with E-state index in [2.05, 4.69) is 4.98 Å². The molecule has 0 aliphatic rings. The molecule has 2 aromatic rings. The summed E-state index contributed by atoms with van der Waals surface area (Å²) in [5.74, 6) is -0.467. The molecule has 1 heterocycles. The molecule has 4 heteroatoms. The van der Waals surface area contributed by atoms with E-state index in [0.29, 0.717) is 22.2 Å². The Morgan fingerprint density at radius 1 is 1.50 bits per heavy atom. The molecule has 0 spiro atoms. The normalized spacial score (nSPS) is 10.4. The van der Waals surface area contributed by atoms with Gasteiger partial charge in [-0.05, 0) is 24.6 Å². The minimum Gasteiger partial charge on any atom is -0.346 e. The third-order valence-electron chi connectivity index (χ3n) is 2.22. The van der Waals surface area contributed by atoms with E-state index in [-0.39, 0.29) is 5.02 Å². The first-order valence-corrected chi connectivity index (χ1v) is 4.39. The van der Waals surface area contributed by atoms with E-state index < -0.39 is 5.82 Å². The summed E-state index contributed by atoms with van der Waals surface area (Å²) in [7, 11) is 0. The van der Waals surface area contributed by atoms with Gasteiger partial charge in [0.05, 0.1) is 5.02 Å². The smallest absolute Gasteiger partial charge is 0.142 e. The molecule has 2 nitrogen and oxygen atoms in total. The van der Waals surface area contributed by atoms with Gasteiger partial charge in [0, 0.05) is 10.9 Å². The number of aromatic nitrogens is 1. The van der Waals surface area contributed by atoms with Gasteiger partial charge in [0.2, 0.25) is 0 Å². The Morgan fingerprint density at radius 3 is 2.86 bits per heavy atom. The molecule has 0 saturated heterocycles. The number of hydrogen-bond acceptors (Lipinski definition) is 1. The molecule has 0 amide bonds. The molecule has 0 radical (unpaired) electrons. The van der Waals surface area contributed by atoms with Crippen LogP contribution in [0.15, 0.2) is 12.1 Å². The predicted molar refractivity (Wildman–Crippen MR) is 52.7 cm³/mol. The summed E-state index contributed by atoms with van der Waals surface area (Å²) in [6.07, 6.45) is 0. The van der Waals surface area contributed by atoms with E-state index in [0.717, 1.165) is 0 Å². The van der Waals surface area contributed by atoms with Crippen LogP contribution in [-0.2, 0) is 0 Å². The summed E-state index contributed by atoms with van der Waals surface area (Å²) in [5, 5.41) is 9.42.